The summed E-state index contributed by atoms with van der Waals surface area (Å²) in [7, 11) is 0. The highest BCUT2D eigenvalue weighted by Gasteiger charge is 2.18. The lowest BCUT2D eigenvalue weighted by molar-refractivity contribution is 0.145. The van der Waals surface area contributed by atoms with Gasteiger partial charge in [-0.15, -0.1) is 11.6 Å². The molecule has 3 nitrogen and oxygen atoms in total. The van der Waals surface area contributed by atoms with Crippen LogP contribution in [-0.4, -0.2) is 10.1 Å². The smallest absolute Gasteiger partial charge is 0.265 e. The summed E-state index contributed by atoms with van der Waals surface area (Å²) < 4.78 is 25.0. The number of rotatable bonds is 3. The van der Waals surface area contributed by atoms with Crippen LogP contribution in [0.1, 0.15) is 23.2 Å². The van der Waals surface area contributed by atoms with E-state index in [4.69, 9.17) is 16.7 Å². The van der Waals surface area contributed by atoms with Crippen LogP contribution in [0.25, 0.3) is 0 Å². The first-order chi connectivity index (χ1) is 6.60. The molecule has 0 aromatic carbocycles. The van der Waals surface area contributed by atoms with Crippen LogP contribution in [0.4, 0.5) is 8.78 Å². The van der Waals surface area contributed by atoms with Gasteiger partial charge in [0.15, 0.2) is 0 Å². The molecule has 0 aliphatic carbocycles. The minimum absolute atomic E-state index is 0.0433. The molecule has 0 fully saturated rings. The van der Waals surface area contributed by atoms with Gasteiger partial charge in [-0.3, -0.25) is 4.79 Å². The van der Waals surface area contributed by atoms with E-state index in [0.29, 0.717) is 0 Å². The summed E-state index contributed by atoms with van der Waals surface area (Å²) in [5.41, 5.74) is -1.06. The first kappa shape index (κ1) is 11.1. The lowest BCUT2D eigenvalue weighted by atomic mass is 10.1. The van der Waals surface area contributed by atoms with Crippen LogP contribution in [0.2, 0.25) is 0 Å². The maximum atomic E-state index is 12.5. The molecule has 0 saturated carbocycles. The number of aliphatic hydroxyl groups excluding tert-OH is 1. The van der Waals surface area contributed by atoms with Gasteiger partial charge in [-0.05, 0) is 5.56 Å². The Morgan fingerprint density at radius 2 is 2.21 bits per heavy atom. The van der Waals surface area contributed by atoms with Gasteiger partial charge in [0.05, 0.1) is 12.5 Å². The number of hydrogen-bond donors (Lipinski definition) is 2. The number of nitrogens with one attached hydrogen (secondary N) is 1. The molecule has 0 amide bonds. The molecule has 1 aromatic rings. The zero-order valence-corrected chi connectivity index (χ0v) is 7.81. The molecule has 2 N–H and O–H groups in total. The van der Waals surface area contributed by atoms with Crippen molar-refractivity contribution >= 4 is 11.6 Å². The van der Waals surface area contributed by atoms with E-state index in [-0.39, 0.29) is 22.7 Å². The highest BCUT2D eigenvalue weighted by Crippen LogP contribution is 2.25. The fraction of sp³-hybridized carbons (Fsp3) is 0.375. The van der Waals surface area contributed by atoms with Crippen molar-refractivity contribution in [3.05, 3.63) is 33.2 Å². The highest BCUT2D eigenvalue weighted by atomic mass is 35.5. The monoisotopic (exact) mass is 223 g/mol. The lowest BCUT2D eigenvalue weighted by Crippen LogP contribution is -2.13. The second-order valence-electron chi connectivity index (χ2n) is 2.64. The van der Waals surface area contributed by atoms with Crippen molar-refractivity contribution in [2.24, 2.45) is 0 Å². The molecule has 78 valence electrons. The summed E-state index contributed by atoms with van der Waals surface area (Å²) in [4.78, 5) is 13.1. The summed E-state index contributed by atoms with van der Waals surface area (Å²) >= 11 is 5.39. The van der Waals surface area contributed by atoms with Crippen molar-refractivity contribution < 1.29 is 13.9 Å². The Morgan fingerprint density at radius 3 is 2.64 bits per heavy atom. The normalized spacial score (nSPS) is 10.9. The van der Waals surface area contributed by atoms with Gasteiger partial charge in [0.2, 0.25) is 5.56 Å². The predicted octanol–water partition coefficient (Wildman–Crippen LogP) is 1.54. The third-order valence-corrected chi connectivity index (χ3v) is 2.04. The summed E-state index contributed by atoms with van der Waals surface area (Å²) in [6, 6.07) is 0.942. The minimum Gasteiger partial charge on any atom is -0.392 e. The molecule has 1 heterocycles. The SMILES string of the molecule is O=c1cc(CO)c(C(F)F)c(CCl)[nH]1. The molecule has 1 aromatic heterocycles. The summed E-state index contributed by atoms with van der Waals surface area (Å²) in [5, 5.41) is 8.78. The molecule has 0 saturated heterocycles. The molecule has 0 unspecified atom stereocenters. The third-order valence-electron chi connectivity index (χ3n) is 1.77. The topological polar surface area (TPSA) is 53.1 Å². The van der Waals surface area contributed by atoms with E-state index < -0.39 is 18.6 Å². The highest BCUT2D eigenvalue weighted by molar-refractivity contribution is 6.17. The average Bonchev–Trinajstić information content (AvgIpc) is 2.15. The zero-order chi connectivity index (χ0) is 10.7. The predicted molar refractivity (Wildman–Crippen MR) is 47.5 cm³/mol. The number of hydrogen-bond acceptors (Lipinski definition) is 2. The summed E-state index contributed by atoms with van der Waals surface area (Å²) in [6.07, 6.45) is -2.76. The van der Waals surface area contributed by atoms with E-state index in [0.717, 1.165) is 6.07 Å². The maximum absolute atomic E-state index is 12.5. The molecule has 14 heavy (non-hydrogen) atoms. The molecule has 0 atom stereocenters. The largest absolute Gasteiger partial charge is 0.392 e. The maximum Gasteiger partial charge on any atom is 0.265 e. The minimum atomic E-state index is -2.76. The second kappa shape index (κ2) is 4.52. The molecule has 1 rings (SSSR count). The van der Waals surface area contributed by atoms with Crippen LogP contribution in [0.5, 0.6) is 0 Å². The standard InChI is InChI=1S/C8H8ClF2NO2/c9-2-5-7(8(10)11)4(3-13)1-6(14)12-5/h1,8,13H,2-3H2,(H,12,14). The number of aromatic amines is 1. The van der Waals surface area contributed by atoms with Gasteiger partial charge in [0, 0.05) is 17.3 Å². The van der Waals surface area contributed by atoms with E-state index >= 15 is 0 Å². The molecule has 6 heteroatoms. The van der Waals surface area contributed by atoms with Gasteiger partial charge in [-0.25, -0.2) is 8.78 Å². The van der Waals surface area contributed by atoms with Gasteiger partial charge < -0.3 is 10.1 Å². The Balaban J connectivity index is 3.40. The Bertz CT molecular complexity index is 350. The van der Waals surface area contributed by atoms with E-state index in [1.54, 1.807) is 0 Å². The van der Waals surface area contributed by atoms with Crippen LogP contribution in [-0.2, 0) is 12.5 Å². The van der Waals surface area contributed by atoms with Crippen LogP contribution in [0.15, 0.2) is 10.9 Å². The number of aliphatic hydroxyl groups is 1. The van der Waals surface area contributed by atoms with Gasteiger partial charge in [-0.2, -0.15) is 0 Å². The zero-order valence-electron chi connectivity index (χ0n) is 7.06. The van der Waals surface area contributed by atoms with Crippen molar-refractivity contribution in [3.8, 4) is 0 Å². The quantitative estimate of drug-likeness (QED) is 0.764. The fourth-order valence-electron chi connectivity index (χ4n) is 1.19. The van der Waals surface area contributed by atoms with E-state index in [9.17, 15) is 13.6 Å². The van der Waals surface area contributed by atoms with Gasteiger partial charge in [-0.1, -0.05) is 0 Å². The molecular weight excluding hydrogens is 216 g/mol. The molecule has 0 aliphatic rings. The van der Waals surface area contributed by atoms with Crippen LogP contribution < -0.4 is 5.56 Å². The number of aromatic nitrogens is 1. The van der Waals surface area contributed by atoms with Crippen molar-refractivity contribution in [3.63, 3.8) is 0 Å². The van der Waals surface area contributed by atoms with Gasteiger partial charge in [0.25, 0.3) is 6.43 Å². The van der Waals surface area contributed by atoms with E-state index in [2.05, 4.69) is 4.98 Å². The van der Waals surface area contributed by atoms with Crippen LogP contribution in [0, 0.1) is 0 Å². The Morgan fingerprint density at radius 1 is 1.57 bits per heavy atom. The van der Waals surface area contributed by atoms with Crippen molar-refractivity contribution in [1.82, 2.24) is 4.98 Å². The van der Waals surface area contributed by atoms with Crippen LogP contribution in [0.3, 0.4) is 0 Å². The van der Waals surface area contributed by atoms with E-state index in [1.807, 2.05) is 0 Å². The first-order valence-corrected chi connectivity index (χ1v) is 4.33. The summed E-state index contributed by atoms with van der Waals surface area (Å²) in [6.45, 7) is -0.604. The number of H-pyrrole nitrogens is 1. The lowest BCUT2D eigenvalue weighted by Gasteiger charge is -2.09. The Labute approximate surface area is 83.3 Å². The van der Waals surface area contributed by atoms with Gasteiger partial charge in [0.1, 0.15) is 0 Å². The van der Waals surface area contributed by atoms with Crippen molar-refractivity contribution in [1.29, 1.82) is 0 Å². The first-order valence-electron chi connectivity index (χ1n) is 3.80. The van der Waals surface area contributed by atoms with Crippen molar-refractivity contribution in [2.45, 2.75) is 18.9 Å². The number of halogens is 3. The summed E-state index contributed by atoms with van der Waals surface area (Å²) in [5.74, 6) is -0.219. The van der Waals surface area contributed by atoms with Crippen LogP contribution >= 0.6 is 11.6 Å². The molecular formula is C8H8ClF2NO2. The number of alkyl halides is 3. The molecule has 0 bridgehead atoms. The molecule has 0 radical (unpaired) electrons. The second-order valence-corrected chi connectivity index (χ2v) is 2.91. The van der Waals surface area contributed by atoms with Crippen molar-refractivity contribution in [2.75, 3.05) is 0 Å². The molecule has 0 spiro atoms. The Kier molecular flexibility index (Phi) is 3.60. The third kappa shape index (κ3) is 2.10. The Hall–Kier alpha value is -0.940. The number of pyridine rings is 1. The molecule has 0 aliphatic heterocycles. The fourth-order valence-corrected chi connectivity index (χ4v) is 1.40. The average molecular weight is 224 g/mol. The van der Waals surface area contributed by atoms with Gasteiger partial charge >= 0.3 is 0 Å². The van der Waals surface area contributed by atoms with E-state index in [1.165, 1.54) is 0 Å².